The number of likely N-dealkylation sites (tertiary alicyclic amines) is 1. The van der Waals surface area contributed by atoms with E-state index in [1.54, 1.807) is 12.1 Å². The molecule has 0 bridgehead atoms. The van der Waals surface area contributed by atoms with Gasteiger partial charge in [-0.3, -0.25) is 9.69 Å². The van der Waals surface area contributed by atoms with Gasteiger partial charge in [-0.2, -0.15) is 15.2 Å². The summed E-state index contributed by atoms with van der Waals surface area (Å²) in [7, 11) is 0. The van der Waals surface area contributed by atoms with Crippen LogP contribution in [0, 0.1) is 23.0 Å². The summed E-state index contributed by atoms with van der Waals surface area (Å²) in [6.45, 7) is 10.1. The van der Waals surface area contributed by atoms with Crippen LogP contribution in [-0.2, 0) is 4.79 Å². The van der Waals surface area contributed by atoms with Gasteiger partial charge in [-0.1, -0.05) is 25.6 Å². The van der Waals surface area contributed by atoms with Gasteiger partial charge < -0.3 is 20.3 Å². The van der Waals surface area contributed by atoms with Gasteiger partial charge in [-0.25, -0.2) is 13.2 Å². The van der Waals surface area contributed by atoms with Crippen molar-refractivity contribution in [3.05, 3.63) is 54.1 Å². The molecule has 3 aliphatic heterocycles. The van der Waals surface area contributed by atoms with Crippen molar-refractivity contribution in [2.45, 2.75) is 69.7 Å². The number of carbonyl (C=O) groups is 1. The van der Waals surface area contributed by atoms with Crippen molar-refractivity contribution in [1.29, 1.82) is 5.26 Å². The average molecular weight is 690 g/mol. The molecular weight excluding hydrogens is 652 g/mol. The first-order valence-electron chi connectivity index (χ1n) is 16.8. The van der Waals surface area contributed by atoms with Gasteiger partial charge in [0.25, 0.3) is 0 Å². The Labute approximate surface area is 286 Å². The molecule has 256 valence electrons. The van der Waals surface area contributed by atoms with Crippen LogP contribution < -0.4 is 15.4 Å². The van der Waals surface area contributed by atoms with E-state index in [4.69, 9.17) is 15.5 Å². The monoisotopic (exact) mass is 689 g/mol. The third-order valence-electron chi connectivity index (χ3n) is 10.6. The van der Waals surface area contributed by atoms with E-state index >= 15 is 4.39 Å². The number of benzene rings is 2. The van der Waals surface area contributed by atoms with E-state index in [2.05, 4.69) is 27.4 Å². The van der Waals surface area contributed by atoms with E-state index in [0.717, 1.165) is 30.7 Å². The molecule has 4 aromatic rings. The second kappa shape index (κ2) is 12.8. The van der Waals surface area contributed by atoms with Crippen LogP contribution >= 0.6 is 11.3 Å². The van der Waals surface area contributed by atoms with E-state index in [1.165, 1.54) is 18.2 Å². The molecule has 2 aromatic heterocycles. The van der Waals surface area contributed by atoms with Crippen molar-refractivity contribution >= 4 is 49.1 Å². The zero-order valence-corrected chi connectivity index (χ0v) is 28.3. The minimum atomic E-state index is -0.945. The summed E-state index contributed by atoms with van der Waals surface area (Å²) in [5, 5.41) is 10.7. The predicted molar refractivity (Wildman–Crippen MR) is 185 cm³/mol. The van der Waals surface area contributed by atoms with Crippen molar-refractivity contribution < 1.29 is 22.7 Å². The lowest BCUT2D eigenvalue weighted by Gasteiger charge is -2.35. The number of alkyl halides is 1. The standard InChI is InChI=1S/C36H38F3N7O2S/c1-4-26-27(12-15-46(26)28(47)5-2)45(6-3)34-23-9-8-22(21-10-11-25(38)32-29(21)24(17-40)33(41)49-32)30(39)31(23)42-35(43-34)48-19-36-13-7-14-44(36)18-20(37)16-36/h5,8-11,20,26-27H,2,4,6-7,12-16,18-19,41H2,1,3H3/t20-,26+,27-,36+/m1/s1. The zero-order valence-electron chi connectivity index (χ0n) is 27.5. The van der Waals surface area contributed by atoms with E-state index in [0.29, 0.717) is 55.7 Å². The number of fused-ring (bicyclic) bond motifs is 3. The molecule has 13 heteroatoms. The maximum Gasteiger partial charge on any atom is 0.319 e. The summed E-state index contributed by atoms with van der Waals surface area (Å²) >= 11 is 0.947. The largest absolute Gasteiger partial charge is 0.461 e. The predicted octanol–water partition coefficient (Wildman–Crippen LogP) is 6.59. The van der Waals surface area contributed by atoms with Gasteiger partial charge in [-0.15, -0.1) is 11.3 Å². The lowest BCUT2D eigenvalue weighted by atomic mass is 9.95. The lowest BCUT2D eigenvalue weighted by molar-refractivity contribution is -0.126. The highest BCUT2D eigenvalue weighted by Crippen LogP contribution is 2.44. The van der Waals surface area contributed by atoms with Crippen LogP contribution in [0.25, 0.3) is 32.1 Å². The number of hydrogen-bond acceptors (Lipinski definition) is 9. The third-order valence-corrected chi connectivity index (χ3v) is 11.6. The number of carbonyl (C=O) groups excluding carboxylic acids is 1. The molecule has 4 atom stereocenters. The molecule has 0 unspecified atom stereocenters. The van der Waals surface area contributed by atoms with Gasteiger partial charge in [-0.05, 0) is 62.9 Å². The quantitative estimate of drug-likeness (QED) is 0.196. The SMILES string of the molecule is C=CC(=O)N1CC[C@@H](N(CC)c2nc(OC[C@@]34CCCN3C[C@H](F)C4)nc3c(F)c(-c4ccc(F)c5sc(N)c(C#N)c45)ccc23)[C@@H]1CC. The molecule has 0 aliphatic carbocycles. The molecule has 2 N–H and O–H groups in total. The molecule has 0 spiro atoms. The molecular formula is C36H38F3N7O2S. The highest BCUT2D eigenvalue weighted by atomic mass is 32.1. The smallest absolute Gasteiger partial charge is 0.319 e. The number of rotatable bonds is 9. The number of hydrogen-bond donors (Lipinski definition) is 1. The molecule has 5 heterocycles. The summed E-state index contributed by atoms with van der Waals surface area (Å²) in [6, 6.07) is 7.78. The first-order chi connectivity index (χ1) is 23.6. The summed E-state index contributed by atoms with van der Waals surface area (Å²) in [5.74, 6) is -0.916. The van der Waals surface area contributed by atoms with Gasteiger partial charge in [0, 0.05) is 42.4 Å². The first-order valence-corrected chi connectivity index (χ1v) is 17.6. The topological polar surface area (TPSA) is 112 Å². The Balaban J connectivity index is 1.38. The van der Waals surface area contributed by atoms with Gasteiger partial charge in [0.2, 0.25) is 5.91 Å². The van der Waals surface area contributed by atoms with E-state index < -0.39 is 23.3 Å². The highest BCUT2D eigenvalue weighted by molar-refractivity contribution is 7.23. The van der Waals surface area contributed by atoms with Gasteiger partial charge in [0.1, 0.15) is 41.0 Å². The Bertz CT molecular complexity index is 2010. The second-order valence-electron chi connectivity index (χ2n) is 13.1. The summed E-state index contributed by atoms with van der Waals surface area (Å²) in [4.78, 5) is 28.3. The summed E-state index contributed by atoms with van der Waals surface area (Å²) in [6.07, 6.45) is 3.82. The molecule has 7 rings (SSSR count). The van der Waals surface area contributed by atoms with Gasteiger partial charge in [0.05, 0.1) is 27.9 Å². The van der Waals surface area contributed by atoms with Crippen LogP contribution in [0.1, 0.15) is 51.5 Å². The number of nitriles is 1. The van der Waals surface area contributed by atoms with Crippen LogP contribution in [0.4, 0.5) is 24.0 Å². The molecule has 0 saturated carbocycles. The minimum Gasteiger partial charge on any atom is -0.461 e. The summed E-state index contributed by atoms with van der Waals surface area (Å²) in [5.41, 5.74) is 6.13. The number of halogens is 3. The molecule has 2 aromatic carbocycles. The van der Waals surface area contributed by atoms with E-state index in [9.17, 15) is 18.8 Å². The molecule has 3 fully saturated rings. The number of amides is 1. The number of ether oxygens (including phenoxy) is 1. The summed E-state index contributed by atoms with van der Waals surface area (Å²) < 4.78 is 52.9. The second-order valence-corrected chi connectivity index (χ2v) is 14.2. The highest BCUT2D eigenvalue weighted by Gasteiger charge is 2.49. The van der Waals surface area contributed by atoms with Crippen molar-refractivity contribution in [2.24, 2.45) is 0 Å². The van der Waals surface area contributed by atoms with Crippen molar-refractivity contribution in [3.8, 4) is 23.2 Å². The van der Waals surface area contributed by atoms with Crippen LogP contribution in [0.3, 0.4) is 0 Å². The minimum absolute atomic E-state index is 0.00392. The van der Waals surface area contributed by atoms with Gasteiger partial charge in [0.15, 0.2) is 5.82 Å². The Hall–Kier alpha value is -4.41. The van der Waals surface area contributed by atoms with E-state index in [-0.39, 0.29) is 62.3 Å². The number of thiophene rings is 1. The third kappa shape index (κ3) is 5.36. The number of aromatic nitrogens is 2. The first kappa shape index (κ1) is 33.1. The van der Waals surface area contributed by atoms with Crippen molar-refractivity contribution in [3.63, 3.8) is 0 Å². The van der Waals surface area contributed by atoms with Crippen LogP contribution in [0.2, 0.25) is 0 Å². The van der Waals surface area contributed by atoms with Crippen LogP contribution in [-0.4, -0.2) is 82.3 Å². The fourth-order valence-electron chi connectivity index (χ4n) is 8.42. The van der Waals surface area contributed by atoms with Crippen LogP contribution in [0.15, 0.2) is 36.9 Å². The lowest BCUT2D eigenvalue weighted by Crippen LogP contribution is -2.47. The zero-order chi connectivity index (χ0) is 34.6. The number of likely N-dealkylation sites (N-methyl/N-ethyl adjacent to an activating group) is 1. The number of nitrogens with zero attached hydrogens (tertiary/aromatic N) is 6. The average Bonchev–Trinajstić information content (AvgIpc) is 3.85. The maximum atomic E-state index is 17.0. The molecule has 49 heavy (non-hydrogen) atoms. The molecule has 9 nitrogen and oxygen atoms in total. The van der Waals surface area contributed by atoms with Gasteiger partial charge >= 0.3 is 6.01 Å². The Kier molecular flexibility index (Phi) is 8.65. The van der Waals surface area contributed by atoms with E-state index in [1.807, 2.05) is 18.7 Å². The van der Waals surface area contributed by atoms with Crippen molar-refractivity contribution in [2.75, 3.05) is 43.4 Å². The molecule has 3 saturated heterocycles. The number of anilines is 2. The van der Waals surface area contributed by atoms with Crippen molar-refractivity contribution in [1.82, 2.24) is 19.8 Å². The fraction of sp³-hybridized carbons (Fsp3) is 0.444. The molecule has 1 amide bonds. The number of nitrogens with two attached hydrogens (primary N) is 1. The Morgan fingerprint density at radius 2 is 2.04 bits per heavy atom. The Morgan fingerprint density at radius 1 is 1.24 bits per heavy atom. The number of nitrogen functional groups attached to an aromatic ring is 1. The molecule has 0 radical (unpaired) electrons. The fourth-order valence-corrected chi connectivity index (χ4v) is 9.36. The van der Waals surface area contributed by atoms with Crippen LogP contribution in [0.5, 0.6) is 6.01 Å². The normalized spacial score (nSPS) is 23.7. The molecule has 3 aliphatic rings. The Morgan fingerprint density at radius 3 is 2.78 bits per heavy atom. The maximum absolute atomic E-state index is 17.0.